The molecule has 0 unspecified atom stereocenters. The van der Waals surface area contributed by atoms with Gasteiger partial charge in [0.05, 0.1) is 11.4 Å². The van der Waals surface area contributed by atoms with Crippen molar-refractivity contribution in [3.63, 3.8) is 0 Å². The van der Waals surface area contributed by atoms with E-state index < -0.39 is 0 Å². The summed E-state index contributed by atoms with van der Waals surface area (Å²) in [7, 11) is 0. The van der Waals surface area contributed by atoms with Crippen LogP contribution in [0, 0.1) is 6.92 Å². The Balaban J connectivity index is 1.44. The minimum atomic E-state index is 0.983. The smallest absolute Gasteiger partial charge is 0.166 e. The molecule has 5 heteroatoms. The summed E-state index contributed by atoms with van der Waals surface area (Å²) >= 11 is 1.79. The number of thioether (sulfide) groups is 1. The summed E-state index contributed by atoms with van der Waals surface area (Å²) in [6.07, 6.45) is 6.20. The summed E-state index contributed by atoms with van der Waals surface area (Å²) in [6, 6.07) is 20.8. The fraction of sp³-hybridized carbons (Fsp3) is 0.217. The maximum absolute atomic E-state index is 4.91. The van der Waals surface area contributed by atoms with Gasteiger partial charge in [0.1, 0.15) is 5.82 Å². The molecule has 0 saturated heterocycles. The quantitative estimate of drug-likeness (QED) is 0.305. The average molecular weight is 389 g/mol. The number of aromatic nitrogens is 4. The van der Waals surface area contributed by atoms with E-state index in [1.165, 1.54) is 0 Å². The van der Waals surface area contributed by atoms with Gasteiger partial charge in [0, 0.05) is 35.8 Å². The Kier molecular flexibility index (Phi) is 5.92. The third-order valence-corrected chi connectivity index (χ3v) is 5.71. The zero-order chi connectivity index (χ0) is 19.2. The number of aryl methyl sites for hydroxylation is 2. The highest BCUT2D eigenvalue weighted by Gasteiger charge is 2.14. The predicted octanol–water partition coefficient (Wildman–Crippen LogP) is 5.82. The molecule has 2 aromatic carbocycles. The molecule has 0 amide bonds. The van der Waals surface area contributed by atoms with Gasteiger partial charge in [-0.3, -0.25) is 0 Å². The Morgan fingerprint density at radius 1 is 0.929 bits per heavy atom. The predicted molar refractivity (Wildman–Crippen MR) is 116 cm³/mol. The van der Waals surface area contributed by atoms with Gasteiger partial charge < -0.3 is 9.55 Å². The lowest BCUT2D eigenvalue weighted by Crippen LogP contribution is -1.99. The Morgan fingerprint density at radius 3 is 2.32 bits per heavy atom. The molecular formula is C23H24N4S. The van der Waals surface area contributed by atoms with Crippen molar-refractivity contribution in [3.05, 3.63) is 78.9 Å². The first-order valence-electron chi connectivity index (χ1n) is 9.62. The first kappa shape index (κ1) is 18.6. The van der Waals surface area contributed by atoms with Crippen LogP contribution in [0.1, 0.15) is 18.7 Å². The van der Waals surface area contributed by atoms with E-state index in [-0.39, 0.29) is 0 Å². The molecular weight excluding hydrogens is 364 g/mol. The summed E-state index contributed by atoms with van der Waals surface area (Å²) in [5.41, 5.74) is 4.41. The van der Waals surface area contributed by atoms with E-state index in [1.54, 1.807) is 11.8 Å². The van der Waals surface area contributed by atoms with Crippen LogP contribution in [0.4, 0.5) is 0 Å². The van der Waals surface area contributed by atoms with Gasteiger partial charge in [0.2, 0.25) is 0 Å². The number of nitrogens with one attached hydrogen (secondary N) is 1. The monoisotopic (exact) mass is 388 g/mol. The first-order valence-corrected chi connectivity index (χ1v) is 10.6. The molecule has 0 radical (unpaired) electrons. The van der Waals surface area contributed by atoms with Gasteiger partial charge in [-0.1, -0.05) is 72.4 Å². The van der Waals surface area contributed by atoms with E-state index >= 15 is 0 Å². The number of imidazole rings is 2. The third kappa shape index (κ3) is 4.37. The van der Waals surface area contributed by atoms with Crippen molar-refractivity contribution in [2.24, 2.45) is 0 Å². The van der Waals surface area contributed by atoms with Gasteiger partial charge in [-0.2, -0.15) is 0 Å². The number of unbranched alkanes of at least 4 members (excludes halogenated alkanes) is 1. The van der Waals surface area contributed by atoms with Crippen LogP contribution >= 0.6 is 11.8 Å². The number of hydrogen-bond acceptors (Lipinski definition) is 3. The van der Waals surface area contributed by atoms with Crippen LogP contribution in [0.3, 0.4) is 0 Å². The van der Waals surface area contributed by atoms with Crippen molar-refractivity contribution >= 4 is 11.8 Å². The zero-order valence-corrected chi connectivity index (χ0v) is 16.8. The average Bonchev–Trinajstić information content (AvgIpc) is 3.35. The molecule has 4 aromatic rings. The molecule has 4 nitrogen and oxygen atoms in total. The Hall–Kier alpha value is -2.79. The Labute approximate surface area is 170 Å². The molecule has 0 saturated carbocycles. The number of H-pyrrole nitrogens is 1. The second kappa shape index (κ2) is 8.93. The maximum atomic E-state index is 4.91. The molecule has 0 atom stereocenters. The van der Waals surface area contributed by atoms with Crippen LogP contribution < -0.4 is 0 Å². The summed E-state index contributed by atoms with van der Waals surface area (Å²) in [6.45, 7) is 3.07. The molecule has 0 bridgehead atoms. The molecule has 0 spiro atoms. The molecule has 4 rings (SSSR count). The van der Waals surface area contributed by atoms with Crippen molar-refractivity contribution < 1.29 is 0 Å². The molecule has 0 fully saturated rings. The van der Waals surface area contributed by atoms with E-state index in [1.807, 2.05) is 31.5 Å². The van der Waals surface area contributed by atoms with Crippen molar-refractivity contribution in [1.82, 2.24) is 19.5 Å². The topological polar surface area (TPSA) is 46.5 Å². The Morgan fingerprint density at radius 2 is 1.64 bits per heavy atom. The highest BCUT2D eigenvalue weighted by molar-refractivity contribution is 7.99. The van der Waals surface area contributed by atoms with Crippen LogP contribution in [0.2, 0.25) is 0 Å². The van der Waals surface area contributed by atoms with E-state index in [2.05, 4.69) is 63.1 Å². The van der Waals surface area contributed by atoms with Gasteiger partial charge in [0.15, 0.2) is 5.16 Å². The third-order valence-electron chi connectivity index (χ3n) is 4.75. The summed E-state index contributed by atoms with van der Waals surface area (Å²) in [4.78, 5) is 12.7. The lowest BCUT2D eigenvalue weighted by molar-refractivity contribution is 0.619. The van der Waals surface area contributed by atoms with E-state index in [9.17, 15) is 0 Å². The lowest BCUT2D eigenvalue weighted by Gasteiger charge is -2.04. The standard InChI is InChI=1S/C23H24N4S/c1-18-24-14-16-27(18)15-8-9-17-28-23-25-21(19-10-4-2-5-11-19)22(26-23)20-12-6-3-7-13-20/h2-7,10-14,16H,8-9,15,17H2,1H3,(H,25,26). The van der Waals surface area contributed by atoms with Gasteiger partial charge in [-0.05, 0) is 19.8 Å². The van der Waals surface area contributed by atoms with E-state index in [0.717, 1.165) is 58.6 Å². The van der Waals surface area contributed by atoms with Crippen LogP contribution in [-0.2, 0) is 6.54 Å². The molecule has 0 aliphatic heterocycles. The number of aromatic amines is 1. The molecule has 0 aliphatic rings. The van der Waals surface area contributed by atoms with Gasteiger partial charge in [-0.25, -0.2) is 9.97 Å². The van der Waals surface area contributed by atoms with Crippen molar-refractivity contribution in [2.75, 3.05) is 5.75 Å². The maximum Gasteiger partial charge on any atom is 0.166 e. The summed E-state index contributed by atoms with van der Waals surface area (Å²) in [5.74, 6) is 2.13. The highest BCUT2D eigenvalue weighted by atomic mass is 32.2. The largest absolute Gasteiger partial charge is 0.335 e. The van der Waals surface area contributed by atoms with Crippen molar-refractivity contribution in [3.8, 4) is 22.5 Å². The minimum Gasteiger partial charge on any atom is -0.335 e. The molecule has 2 heterocycles. The van der Waals surface area contributed by atoms with E-state index in [4.69, 9.17) is 4.98 Å². The van der Waals surface area contributed by atoms with Gasteiger partial charge >= 0.3 is 0 Å². The van der Waals surface area contributed by atoms with Gasteiger partial charge in [0.25, 0.3) is 0 Å². The molecule has 2 aromatic heterocycles. The molecule has 1 N–H and O–H groups in total. The SMILES string of the molecule is Cc1nccn1CCCCSc1nc(-c2ccccc2)c(-c2ccccc2)[nH]1. The molecule has 0 aliphatic carbocycles. The van der Waals surface area contributed by atoms with Crippen LogP contribution in [0.15, 0.2) is 78.2 Å². The van der Waals surface area contributed by atoms with Crippen molar-refractivity contribution in [2.45, 2.75) is 31.5 Å². The Bertz CT molecular complexity index is 949. The minimum absolute atomic E-state index is 0.983. The fourth-order valence-electron chi connectivity index (χ4n) is 3.23. The number of nitrogens with zero attached hydrogens (tertiary/aromatic N) is 3. The van der Waals surface area contributed by atoms with Crippen molar-refractivity contribution in [1.29, 1.82) is 0 Å². The normalized spacial score (nSPS) is 11.0. The highest BCUT2D eigenvalue weighted by Crippen LogP contribution is 2.32. The number of rotatable bonds is 8. The van der Waals surface area contributed by atoms with Crippen LogP contribution in [0.5, 0.6) is 0 Å². The molecule has 142 valence electrons. The first-order chi connectivity index (χ1) is 13.8. The second-order valence-corrected chi connectivity index (χ2v) is 7.80. The summed E-state index contributed by atoms with van der Waals surface area (Å²) in [5, 5.41) is 0.983. The van der Waals surface area contributed by atoms with Crippen LogP contribution in [0.25, 0.3) is 22.5 Å². The number of hydrogen-bond donors (Lipinski definition) is 1. The molecule has 28 heavy (non-hydrogen) atoms. The fourth-order valence-corrected chi connectivity index (χ4v) is 4.10. The van der Waals surface area contributed by atoms with Crippen LogP contribution in [-0.4, -0.2) is 25.3 Å². The van der Waals surface area contributed by atoms with E-state index in [0.29, 0.717) is 0 Å². The summed E-state index contributed by atoms with van der Waals surface area (Å²) < 4.78 is 2.21. The second-order valence-electron chi connectivity index (χ2n) is 6.72. The zero-order valence-electron chi connectivity index (χ0n) is 16.0. The number of benzene rings is 2. The lowest BCUT2D eigenvalue weighted by atomic mass is 10.1. The van der Waals surface area contributed by atoms with Gasteiger partial charge in [-0.15, -0.1) is 0 Å².